The fourth-order valence-corrected chi connectivity index (χ4v) is 1.70. The number of rotatable bonds is 7. The number of hydrogen-bond acceptors (Lipinski definition) is 5. The van der Waals surface area contributed by atoms with Crippen LogP contribution >= 0.6 is 11.8 Å². The molecule has 7 heteroatoms. The zero-order valence-electron chi connectivity index (χ0n) is 10.2. The summed E-state index contributed by atoms with van der Waals surface area (Å²) in [5.74, 6) is -1.39. The van der Waals surface area contributed by atoms with E-state index >= 15 is 0 Å². The van der Waals surface area contributed by atoms with Crippen molar-refractivity contribution in [3.05, 3.63) is 17.9 Å². The van der Waals surface area contributed by atoms with E-state index in [-0.39, 0.29) is 25.5 Å². The van der Waals surface area contributed by atoms with Crippen LogP contribution in [0.1, 0.15) is 10.6 Å². The quantitative estimate of drug-likeness (QED) is 0.751. The number of hydrogen-bond donors (Lipinski definition) is 1. The highest BCUT2D eigenvalue weighted by Gasteiger charge is 2.21. The molecule has 0 aliphatic carbocycles. The lowest BCUT2D eigenvalue weighted by molar-refractivity contribution is -0.137. The van der Waals surface area contributed by atoms with Crippen LogP contribution in [-0.2, 0) is 9.53 Å². The van der Waals surface area contributed by atoms with Crippen molar-refractivity contribution in [3.8, 4) is 0 Å². The Hall–Kier alpha value is -1.47. The summed E-state index contributed by atoms with van der Waals surface area (Å²) in [5.41, 5.74) is 0. The highest BCUT2D eigenvalue weighted by molar-refractivity contribution is 7.98. The zero-order valence-corrected chi connectivity index (χ0v) is 11.0. The van der Waals surface area contributed by atoms with Crippen molar-refractivity contribution in [3.63, 3.8) is 0 Å². The summed E-state index contributed by atoms with van der Waals surface area (Å²) >= 11 is 1.37. The number of nitrogens with zero attached hydrogens (tertiary/aromatic N) is 1. The second kappa shape index (κ2) is 7.07. The molecule has 1 rings (SSSR count). The minimum absolute atomic E-state index is 0.136. The van der Waals surface area contributed by atoms with Gasteiger partial charge in [0.2, 0.25) is 0 Å². The van der Waals surface area contributed by atoms with E-state index in [1.807, 2.05) is 6.26 Å². The van der Waals surface area contributed by atoms with Crippen molar-refractivity contribution in [1.29, 1.82) is 0 Å². The van der Waals surface area contributed by atoms with Crippen LogP contribution in [0.4, 0.5) is 0 Å². The molecule has 18 heavy (non-hydrogen) atoms. The molecule has 0 saturated carbocycles. The molecular weight excluding hydrogens is 258 g/mol. The number of thioether (sulfide) groups is 1. The molecule has 0 saturated heterocycles. The van der Waals surface area contributed by atoms with Crippen LogP contribution in [0.2, 0.25) is 0 Å². The van der Waals surface area contributed by atoms with E-state index < -0.39 is 11.9 Å². The standard InChI is InChI=1S/C11H15NO5S/c1-16-6-5-12(7-9(13)14)11(15)8-3-4-10(17-8)18-2/h3-4H,5-7H2,1-2H3,(H,13,14). The van der Waals surface area contributed by atoms with Gasteiger partial charge in [-0.2, -0.15) is 0 Å². The Labute approximate surface area is 109 Å². The number of carboxylic acid groups (broad SMARTS) is 1. The van der Waals surface area contributed by atoms with Gasteiger partial charge < -0.3 is 19.2 Å². The maximum Gasteiger partial charge on any atom is 0.323 e. The van der Waals surface area contributed by atoms with Crippen molar-refractivity contribution in [2.45, 2.75) is 5.09 Å². The van der Waals surface area contributed by atoms with Crippen LogP contribution in [0.5, 0.6) is 0 Å². The molecule has 0 spiro atoms. The molecule has 1 aromatic heterocycles. The highest BCUT2D eigenvalue weighted by atomic mass is 32.2. The van der Waals surface area contributed by atoms with Crippen molar-refractivity contribution >= 4 is 23.6 Å². The smallest absolute Gasteiger partial charge is 0.323 e. The molecule has 0 aromatic carbocycles. The van der Waals surface area contributed by atoms with Gasteiger partial charge in [-0.25, -0.2) is 0 Å². The molecule has 0 fully saturated rings. The maximum absolute atomic E-state index is 12.0. The fourth-order valence-electron chi connectivity index (χ4n) is 1.32. The average molecular weight is 273 g/mol. The third kappa shape index (κ3) is 4.08. The average Bonchev–Trinajstić information content (AvgIpc) is 2.81. The first-order chi connectivity index (χ1) is 8.58. The van der Waals surface area contributed by atoms with Crippen LogP contribution in [-0.4, -0.2) is 54.9 Å². The Kier molecular flexibility index (Phi) is 5.73. The van der Waals surface area contributed by atoms with Crippen LogP contribution in [0.3, 0.4) is 0 Å². The summed E-state index contributed by atoms with van der Waals surface area (Å²) in [4.78, 5) is 23.9. The minimum atomic E-state index is -1.07. The molecule has 0 aliphatic heterocycles. The van der Waals surface area contributed by atoms with Crippen LogP contribution in [0, 0.1) is 0 Å². The van der Waals surface area contributed by atoms with Gasteiger partial charge in [-0.15, -0.1) is 0 Å². The molecule has 0 aliphatic rings. The molecule has 0 atom stereocenters. The summed E-state index contributed by atoms with van der Waals surface area (Å²) in [6.45, 7) is 0.101. The van der Waals surface area contributed by atoms with Crippen LogP contribution in [0.15, 0.2) is 21.6 Å². The predicted octanol–water partition coefficient (Wildman–Crippen LogP) is 1.17. The van der Waals surface area contributed by atoms with Gasteiger partial charge in [0.15, 0.2) is 10.9 Å². The van der Waals surface area contributed by atoms with E-state index in [2.05, 4.69) is 0 Å². The third-order valence-electron chi connectivity index (χ3n) is 2.17. The van der Waals surface area contributed by atoms with Crippen LogP contribution < -0.4 is 0 Å². The summed E-state index contributed by atoms with van der Waals surface area (Å²) in [5, 5.41) is 9.37. The molecule has 1 heterocycles. The number of aliphatic carboxylic acids is 1. The highest BCUT2D eigenvalue weighted by Crippen LogP contribution is 2.19. The van der Waals surface area contributed by atoms with Gasteiger partial charge in [0.05, 0.1) is 6.61 Å². The van der Waals surface area contributed by atoms with E-state index in [9.17, 15) is 9.59 Å². The van der Waals surface area contributed by atoms with Crippen LogP contribution in [0.25, 0.3) is 0 Å². The third-order valence-corrected chi connectivity index (χ3v) is 2.79. The number of amides is 1. The second-order valence-corrected chi connectivity index (χ2v) is 4.25. The normalized spacial score (nSPS) is 10.3. The van der Waals surface area contributed by atoms with Crippen molar-refractivity contribution in [2.24, 2.45) is 0 Å². The topological polar surface area (TPSA) is 80.0 Å². The van der Waals surface area contributed by atoms with E-state index in [1.165, 1.54) is 29.8 Å². The first kappa shape index (κ1) is 14.6. The van der Waals surface area contributed by atoms with Gasteiger partial charge >= 0.3 is 5.97 Å². The Morgan fingerprint density at radius 3 is 2.72 bits per heavy atom. The molecule has 1 N–H and O–H groups in total. The molecule has 6 nitrogen and oxygen atoms in total. The van der Waals surface area contributed by atoms with Gasteiger partial charge in [0.25, 0.3) is 5.91 Å². The lowest BCUT2D eigenvalue weighted by atomic mass is 10.3. The molecule has 0 unspecified atom stereocenters. The molecule has 1 aromatic rings. The zero-order chi connectivity index (χ0) is 13.5. The van der Waals surface area contributed by atoms with E-state index in [1.54, 1.807) is 6.07 Å². The molecule has 0 radical (unpaired) electrons. The van der Waals surface area contributed by atoms with E-state index in [4.69, 9.17) is 14.3 Å². The monoisotopic (exact) mass is 273 g/mol. The Morgan fingerprint density at radius 1 is 1.50 bits per heavy atom. The maximum atomic E-state index is 12.0. The molecule has 1 amide bonds. The number of furan rings is 1. The van der Waals surface area contributed by atoms with E-state index in [0.29, 0.717) is 5.09 Å². The summed E-state index contributed by atoms with van der Waals surface area (Å²) in [7, 11) is 1.49. The molecular formula is C11H15NO5S. The number of carbonyl (C=O) groups excluding carboxylic acids is 1. The summed E-state index contributed by atoms with van der Waals surface area (Å²) in [6.07, 6.45) is 1.83. The number of methoxy groups -OCH3 is 1. The fraction of sp³-hybridized carbons (Fsp3) is 0.455. The SMILES string of the molecule is COCCN(CC(=O)O)C(=O)c1ccc(SC)o1. The van der Waals surface area contributed by atoms with Crippen molar-refractivity contribution in [1.82, 2.24) is 4.90 Å². The first-order valence-electron chi connectivity index (χ1n) is 5.22. The number of carboxylic acids is 1. The second-order valence-electron chi connectivity index (χ2n) is 3.44. The Bertz CT molecular complexity index is 417. The molecule has 0 bridgehead atoms. The number of ether oxygens (including phenoxy) is 1. The van der Waals surface area contributed by atoms with Gasteiger partial charge in [-0.1, -0.05) is 11.8 Å². The van der Waals surface area contributed by atoms with Gasteiger partial charge in [-0.05, 0) is 18.4 Å². The van der Waals surface area contributed by atoms with Gasteiger partial charge in [0.1, 0.15) is 6.54 Å². The lowest BCUT2D eigenvalue weighted by Gasteiger charge is -2.18. The van der Waals surface area contributed by atoms with E-state index in [0.717, 1.165) is 0 Å². The summed E-state index contributed by atoms with van der Waals surface area (Å²) < 4.78 is 10.1. The van der Waals surface area contributed by atoms with Crippen molar-refractivity contribution < 1.29 is 23.8 Å². The minimum Gasteiger partial charge on any atom is -0.480 e. The first-order valence-corrected chi connectivity index (χ1v) is 6.44. The molecule has 100 valence electrons. The van der Waals surface area contributed by atoms with Gasteiger partial charge in [-0.3, -0.25) is 9.59 Å². The number of carbonyl (C=O) groups is 2. The summed E-state index contributed by atoms with van der Waals surface area (Å²) in [6, 6.07) is 3.21. The predicted molar refractivity (Wildman–Crippen MR) is 65.9 cm³/mol. The Morgan fingerprint density at radius 2 is 2.22 bits per heavy atom. The largest absolute Gasteiger partial charge is 0.480 e. The van der Waals surface area contributed by atoms with Gasteiger partial charge in [0, 0.05) is 13.7 Å². The Balaban J connectivity index is 2.76. The van der Waals surface area contributed by atoms with Crippen molar-refractivity contribution in [2.75, 3.05) is 33.1 Å². The lowest BCUT2D eigenvalue weighted by Crippen LogP contribution is -2.37.